The third-order valence-electron chi connectivity index (χ3n) is 3.83. The first-order chi connectivity index (χ1) is 12.1. The molecule has 0 aliphatic heterocycles. The van der Waals surface area contributed by atoms with E-state index in [-0.39, 0.29) is 11.7 Å². The standard InChI is InChI=1S/C20H24FNO3/c1-3-19(25-17-11-9-16(21)10-12-17)20(23)22-13-5-7-15-6-4-8-18(14-15)24-2/h4,6,8-12,14,19H,3,5,7,13H2,1-2H3,(H,22,23)/t19-/m1/s1. The molecule has 1 atom stereocenters. The maximum Gasteiger partial charge on any atom is 0.261 e. The van der Waals surface area contributed by atoms with Crippen molar-refractivity contribution in [2.45, 2.75) is 32.3 Å². The predicted molar refractivity (Wildman–Crippen MR) is 95.4 cm³/mol. The molecule has 0 unspecified atom stereocenters. The van der Waals surface area contributed by atoms with E-state index >= 15 is 0 Å². The highest BCUT2D eigenvalue weighted by Gasteiger charge is 2.17. The summed E-state index contributed by atoms with van der Waals surface area (Å²) in [5.74, 6) is 0.833. The van der Waals surface area contributed by atoms with Crippen LogP contribution in [0.25, 0.3) is 0 Å². The van der Waals surface area contributed by atoms with Gasteiger partial charge in [0.2, 0.25) is 0 Å². The van der Waals surface area contributed by atoms with Gasteiger partial charge in [0, 0.05) is 6.54 Å². The van der Waals surface area contributed by atoms with Gasteiger partial charge in [-0.15, -0.1) is 0 Å². The fraction of sp³-hybridized carbons (Fsp3) is 0.350. The average molecular weight is 345 g/mol. The molecule has 5 heteroatoms. The minimum absolute atomic E-state index is 0.155. The highest BCUT2D eigenvalue weighted by molar-refractivity contribution is 5.81. The van der Waals surface area contributed by atoms with Crippen LogP contribution in [0.15, 0.2) is 48.5 Å². The minimum Gasteiger partial charge on any atom is -0.497 e. The summed E-state index contributed by atoms with van der Waals surface area (Å²) in [6.07, 6.45) is 1.64. The number of amides is 1. The van der Waals surface area contributed by atoms with Crippen molar-refractivity contribution in [3.63, 3.8) is 0 Å². The molecule has 2 aromatic rings. The fourth-order valence-corrected chi connectivity index (χ4v) is 2.45. The molecular formula is C20H24FNO3. The van der Waals surface area contributed by atoms with Crippen LogP contribution < -0.4 is 14.8 Å². The Bertz CT molecular complexity index is 673. The number of nitrogens with one attached hydrogen (secondary N) is 1. The van der Waals surface area contributed by atoms with Gasteiger partial charge in [-0.25, -0.2) is 4.39 Å². The molecule has 0 aromatic heterocycles. The lowest BCUT2D eigenvalue weighted by Gasteiger charge is -2.17. The van der Waals surface area contributed by atoms with Crippen LogP contribution in [0.3, 0.4) is 0 Å². The third-order valence-corrected chi connectivity index (χ3v) is 3.83. The Balaban J connectivity index is 1.76. The van der Waals surface area contributed by atoms with Crippen LogP contribution >= 0.6 is 0 Å². The molecule has 0 fully saturated rings. The summed E-state index contributed by atoms with van der Waals surface area (Å²) in [4.78, 5) is 12.2. The molecule has 0 heterocycles. The second kappa shape index (κ2) is 9.67. The van der Waals surface area contributed by atoms with Gasteiger partial charge in [0.25, 0.3) is 5.91 Å². The molecule has 0 saturated heterocycles. The smallest absolute Gasteiger partial charge is 0.261 e. The van der Waals surface area contributed by atoms with Crippen LogP contribution in [0.4, 0.5) is 4.39 Å². The molecule has 0 saturated carbocycles. The molecule has 2 rings (SSSR count). The van der Waals surface area contributed by atoms with E-state index in [1.165, 1.54) is 29.8 Å². The van der Waals surface area contributed by atoms with Crippen molar-refractivity contribution >= 4 is 5.91 Å². The van der Waals surface area contributed by atoms with E-state index in [0.717, 1.165) is 18.6 Å². The topological polar surface area (TPSA) is 47.6 Å². The Hall–Kier alpha value is -2.56. The van der Waals surface area contributed by atoms with Crippen LogP contribution in [0.2, 0.25) is 0 Å². The van der Waals surface area contributed by atoms with Gasteiger partial charge in [0.15, 0.2) is 6.10 Å². The van der Waals surface area contributed by atoms with E-state index in [0.29, 0.717) is 18.7 Å². The minimum atomic E-state index is -0.581. The monoisotopic (exact) mass is 345 g/mol. The van der Waals surface area contributed by atoms with E-state index in [9.17, 15) is 9.18 Å². The summed E-state index contributed by atoms with van der Waals surface area (Å²) >= 11 is 0. The van der Waals surface area contributed by atoms with Crippen molar-refractivity contribution in [3.05, 3.63) is 59.9 Å². The van der Waals surface area contributed by atoms with Crippen LogP contribution in [0.5, 0.6) is 11.5 Å². The number of hydrogen-bond donors (Lipinski definition) is 1. The normalized spacial score (nSPS) is 11.6. The maximum atomic E-state index is 12.9. The van der Waals surface area contributed by atoms with E-state index in [4.69, 9.17) is 9.47 Å². The fourth-order valence-electron chi connectivity index (χ4n) is 2.45. The Morgan fingerprint density at radius 1 is 1.16 bits per heavy atom. The number of carbonyl (C=O) groups excluding carboxylic acids is 1. The summed E-state index contributed by atoms with van der Waals surface area (Å²) in [7, 11) is 1.64. The van der Waals surface area contributed by atoms with Crippen molar-refractivity contribution in [2.24, 2.45) is 0 Å². The zero-order valence-electron chi connectivity index (χ0n) is 14.6. The van der Waals surface area contributed by atoms with Crippen LogP contribution in [-0.2, 0) is 11.2 Å². The van der Waals surface area contributed by atoms with Crippen LogP contribution in [-0.4, -0.2) is 25.7 Å². The van der Waals surface area contributed by atoms with E-state index in [2.05, 4.69) is 5.32 Å². The quantitative estimate of drug-likeness (QED) is 0.704. The second-order valence-electron chi connectivity index (χ2n) is 5.71. The molecule has 25 heavy (non-hydrogen) atoms. The van der Waals surface area contributed by atoms with Gasteiger partial charge in [-0.3, -0.25) is 4.79 Å². The molecule has 1 amide bonds. The number of rotatable bonds is 9. The van der Waals surface area contributed by atoms with Gasteiger partial charge in [-0.2, -0.15) is 0 Å². The number of aryl methyl sites for hydroxylation is 1. The SMILES string of the molecule is CC[C@@H](Oc1ccc(F)cc1)C(=O)NCCCc1cccc(OC)c1. The number of methoxy groups -OCH3 is 1. The van der Waals surface area contributed by atoms with Crippen molar-refractivity contribution in [3.8, 4) is 11.5 Å². The van der Waals surface area contributed by atoms with Crippen molar-refractivity contribution in [2.75, 3.05) is 13.7 Å². The predicted octanol–water partition coefficient (Wildman–Crippen LogP) is 3.74. The zero-order chi connectivity index (χ0) is 18.1. The highest BCUT2D eigenvalue weighted by Crippen LogP contribution is 2.15. The zero-order valence-corrected chi connectivity index (χ0v) is 14.6. The van der Waals surface area contributed by atoms with Crippen molar-refractivity contribution in [1.82, 2.24) is 5.32 Å². The van der Waals surface area contributed by atoms with Crippen LogP contribution in [0.1, 0.15) is 25.3 Å². The lowest BCUT2D eigenvalue weighted by atomic mass is 10.1. The van der Waals surface area contributed by atoms with Gasteiger partial charge < -0.3 is 14.8 Å². The second-order valence-corrected chi connectivity index (χ2v) is 5.71. The van der Waals surface area contributed by atoms with Crippen molar-refractivity contribution < 1.29 is 18.7 Å². The average Bonchev–Trinajstić information content (AvgIpc) is 2.64. The molecule has 0 bridgehead atoms. The molecule has 134 valence electrons. The number of halogens is 1. The van der Waals surface area contributed by atoms with Gasteiger partial charge in [0.05, 0.1) is 7.11 Å². The Kier molecular flexibility index (Phi) is 7.26. The molecule has 4 nitrogen and oxygen atoms in total. The molecule has 0 aliphatic carbocycles. The Morgan fingerprint density at radius 3 is 2.60 bits per heavy atom. The number of ether oxygens (including phenoxy) is 2. The first-order valence-electron chi connectivity index (χ1n) is 8.45. The summed E-state index contributed by atoms with van der Waals surface area (Å²) in [6, 6.07) is 13.6. The summed E-state index contributed by atoms with van der Waals surface area (Å²) in [5, 5.41) is 2.89. The number of hydrogen-bond acceptors (Lipinski definition) is 3. The number of benzene rings is 2. The Labute approximate surface area is 148 Å². The maximum absolute atomic E-state index is 12.9. The highest BCUT2D eigenvalue weighted by atomic mass is 19.1. The molecule has 2 aromatic carbocycles. The van der Waals surface area contributed by atoms with Crippen molar-refractivity contribution in [1.29, 1.82) is 0 Å². The van der Waals surface area contributed by atoms with E-state index < -0.39 is 6.10 Å². The molecule has 0 spiro atoms. The van der Waals surface area contributed by atoms with Gasteiger partial charge >= 0.3 is 0 Å². The lowest BCUT2D eigenvalue weighted by molar-refractivity contribution is -0.128. The molecule has 0 radical (unpaired) electrons. The number of carbonyl (C=O) groups is 1. The van der Waals surface area contributed by atoms with E-state index in [1.807, 2.05) is 31.2 Å². The van der Waals surface area contributed by atoms with Gasteiger partial charge in [-0.1, -0.05) is 19.1 Å². The van der Waals surface area contributed by atoms with E-state index in [1.54, 1.807) is 7.11 Å². The first kappa shape index (κ1) is 18.8. The largest absolute Gasteiger partial charge is 0.497 e. The molecular weight excluding hydrogens is 321 g/mol. The summed E-state index contributed by atoms with van der Waals surface area (Å²) in [6.45, 7) is 2.45. The molecule has 0 aliphatic rings. The first-order valence-corrected chi connectivity index (χ1v) is 8.45. The summed E-state index contributed by atoms with van der Waals surface area (Å²) < 4.78 is 23.7. The van der Waals surface area contributed by atoms with Crippen LogP contribution in [0, 0.1) is 5.82 Å². The molecule has 1 N–H and O–H groups in total. The lowest BCUT2D eigenvalue weighted by Crippen LogP contribution is -2.38. The van der Waals surface area contributed by atoms with Gasteiger partial charge in [0.1, 0.15) is 17.3 Å². The Morgan fingerprint density at radius 2 is 1.92 bits per heavy atom. The third kappa shape index (κ3) is 6.10. The van der Waals surface area contributed by atoms with Gasteiger partial charge in [-0.05, 0) is 61.2 Å². The summed E-state index contributed by atoms with van der Waals surface area (Å²) in [5.41, 5.74) is 1.17.